The summed E-state index contributed by atoms with van der Waals surface area (Å²) in [5, 5.41) is 97.8. The molecule has 3 unspecified atom stereocenters. The first-order valence-corrected chi connectivity index (χ1v) is 9.60. The van der Waals surface area contributed by atoms with Gasteiger partial charge in [-0.2, -0.15) is 0 Å². The Labute approximate surface area is 186 Å². The lowest BCUT2D eigenvalue weighted by Crippen LogP contribution is -2.58. The van der Waals surface area contributed by atoms with Crippen molar-refractivity contribution >= 4 is 6.29 Å². The summed E-state index contributed by atoms with van der Waals surface area (Å²) in [7, 11) is 0. The van der Waals surface area contributed by atoms with E-state index >= 15 is 0 Å². The molecule has 0 spiro atoms. The third-order valence-corrected chi connectivity index (χ3v) is 4.75. The van der Waals surface area contributed by atoms with Gasteiger partial charge in [-0.15, -0.1) is 0 Å². The van der Waals surface area contributed by atoms with Crippen LogP contribution in [-0.2, 0) is 16.1 Å². The average Bonchev–Trinajstić information content (AvgIpc) is 3.39. The minimum absolute atomic E-state index is 0.159. The Kier molecular flexibility index (Phi) is 11.9. The quantitative estimate of drug-likeness (QED) is 0.173. The van der Waals surface area contributed by atoms with Gasteiger partial charge in [-0.25, -0.2) is 0 Å². The molecule has 2 saturated heterocycles. The number of furan rings is 1. The van der Waals surface area contributed by atoms with Crippen molar-refractivity contribution in [1.29, 1.82) is 0 Å². The Balaban J connectivity index is 0.000000250. The fraction of sp³-hybridized carbons (Fsp3) is 0.722. The van der Waals surface area contributed by atoms with E-state index in [2.05, 4.69) is 9.47 Å². The average molecular weight is 486 g/mol. The van der Waals surface area contributed by atoms with Gasteiger partial charge in [-0.1, -0.05) is 0 Å². The zero-order chi connectivity index (χ0) is 25.3. The molecule has 0 radical (unpaired) electrons. The highest BCUT2D eigenvalue weighted by Crippen LogP contribution is 2.28. The molecule has 33 heavy (non-hydrogen) atoms. The number of carbonyl (C=O) groups excluding carboxylic acids is 1. The van der Waals surface area contributed by atoms with Crippen molar-refractivity contribution in [1.82, 2.24) is 0 Å². The summed E-state index contributed by atoms with van der Waals surface area (Å²) >= 11 is 0. The second-order valence-electron chi connectivity index (χ2n) is 7.08. The van der Waals surface area contributed by atoms with Crippen LogP contribution in [0.25, 0.3) is 0 Å². The predicted molar refractivity (Wildman–Crippen MR) is 102 cm³/mol. The van der Waals surface area contributed by atoms with E-state index in [1.807, 2.05) is 0 Å². The summed E-state index contributed by atoms with van der Waals surface area (Å²) in [5.41, 5.74) is 0. The zero-order valence-corrected chi connectivity index (χ0v) is 17.2. The number of ether oxygens (including phenoxy) is 2. The van der Waals surface area contributed by atoms with Gasteiger partial charge in [0.25, 0.3) is 0 Å². The molecule has 2 aliphatic heterocycles. The van der Waals surface area contributed by atoms with E-state index in [1.165, 1.54) is 6.07 Å². The topological polar surface area (TPSA) is 271 Å². The number of carbonyl (C=O) groups is 1. The van der Waals surface area contributed by atoms with Crippen LogP contribution in [0.4, 0.5) is 0 Å². The highest BCUT2D eigenvalue weighted by Gasteiger charge is 2.52. The number of hydrogen-bond acceptors (Lipinski definition) is 15. The van der Waals surface area contributed by atoms with Crippen LogP contribution in [0, 0.1) is 0 Å². The van der Waals surface area contributed by atoms with Gasteiger partial charge in [0.15, 0.2) is 18.3 Å². The van der Waals surface area contributed by atoms with Gasteiger partial charge in [0, 0.05) is 0 Å². The Bertz CT molecular complexity index is 686. The highest BCUT2D eigenvalue weighted by molar-refractivity contribution is 5.70. The highest BCUT2D eigenvalue weighted by atomic mass is 16.7. The summed E-state index contributed by atoms with van der Waals surface area (Å²) in [6.45, 7) is -2.04. The van der Waals surface area contributed by atoms with E-state index in [0.717, 1.165) is 0 Å². The molecule has 9 atom stereocenters. The maximum absolute atomic E-state index is 9.96. The Morgan fingerprint density at radius 2 is 1.45 bits per heavy atom. The summed E-state index contributed by atoms with van der Waals surface area (Å²) in [4.78, 5) is 9.96. The van der Waals surface area contributed by atoms with Gasteiger partial charge in [0.2, 0.25) is 5.79 Å². The number of aliphatic hydroxyl groups excluding tert-OH is 10. The van der Waals surface area contributed by atoms with Gasteiger partial charge in [-0.05, 0) is 12.1 Å². The van der Waals surface area contributed by atoms with Crippen molar-refractivity contribution in [3.05, 3.63) is 23.7 Å². The Morgan fingerprint density at radius 3 is 1.82 bits per heavy atom. The van der Waals surface area contributed by atoms with Gasteiger partial charge in [0.05, 0.1) is 19.8 Å². The summed E-state index contributed by atoms with van der Waals surface area (Å²) in [6.07, 6.45) is -10.5. The molecule has 0 aromatic carbocycles. The molecule has 0 saturated carbocycles. The normalized spacial score (nSPS) is 38.0. The minimum Gasteiger partial charge on any atom is -0.456 e. The lowest BCUT2D eigenvalue weighted by molar-refractivity contribution is -0.286. The molecule has 1 aromatic heterocycles. The maximum atomic E-state index is 9.96. The Hall–Kier alpha value is -1.57. The van der Waals surface area contributed by atoms with Crippen LogP contribution in [0.3, 0.4) is 0 Å². The van der Waals surface area contributed by atoms with E-state index < -0.39 is 74.6 Å². The van der Waals surface area contributed by atoms with Crippen LogP contribution in [0.5, 0.6) is 0 Å². The Morgan fingerprint density at radius 1 is 0.848 bits per heavy atom. The first-order valence-electron chi connectivity index (χ1n) is 9.60. The van der Waals surface area contributed by atoms with Crippen molar-refractivity contribution in [2.45, 2.75) is 61.4 Å². The molecule has 0 amide bonds. The SMILES string of the molecule is O=Cc1ccc(CO)o1.OCC1OC(O)[C@@H](O)[C@@H](O)[C@H]1O.OC[C@H]1O[C@@](O)(CO)C(O)[C@H]1O. The van der Waals surface area contributed by atoms with Crippen LogP contribution in [-0.4, -0.2) is 137 Å². The summed E-state index contributed by atoms with van der Waals surface area (Å²) < 4.78 is 14.0. The number of aliphatic hydroxyl groups is 11. The lowest BCUT2D eigenvalue weighted by atomic mass is 10.00. The first-order chi connectivity index (χ1) is 15.5. The smallest absolute Gasteiger partial charge is 0.219 e. The molecule has 0 aliphatic carbocycles. The molecule has 0 bridgehead atoms. The van der Waals surface area contributed by atoms with Crippen molar-refractivity contribution in [2.75, 3.05) is 19.8 Å². The van der Waals surface area contributed by atoms with Crippen LogP contribution in [0.2, 0.25) is 0 Å². The van der Waals surface area contributed by atoms with Gasteiger partial charge < -0.3 is 70.1 Å². The maximum Gasteiger partial charge on any atom is 0.219 e. The standard InChI is InChI=1S/2C6H12O6.C6H6O3/c7-1-3-4(9)5(10)6(11,2-8)12-3;7-1-2-3(8)4(9)5(10)6(11)12-2;7-3-5-1-2-6(4-8)9-5/h3-5,7-11H,1-2H2;2-11H,1H2;1-3,8H,4H2/t3-,4+,5?,6+;2?,3-,4-,5-,6?;/m10./s1. The fourth-order valence-corrected chi connectivity index (χ4v) is 2.77. The van der Waals surface area contributed by atoms with E-state index in [1.54, 1.807) is 6.07 Å². The van der Waals surface area contributed by atoms with Crippen molar-refractivity contribution in [3.63, 3.8) is 0 Å². The summed E-state index contributed by atoms with van der Waals surface area (Å²) in [5.74, 6) is -1.50. The van der Waals surface area contributed by atoms with E-state index in [4.69, 9.17) is 55.5 Å². The third kappa shape index (κ3) is 7.46. The molecule has 3 heterocycles. The molecule has 11 N–H and O–H groups in total. The summed E-state index contributed by atoms with van der Waals surface area (Å²) in [6, 6.07) is 3.07. The molecule has 2 fully saturated rings. The second-order valence-corrected chi connectivity index (χ2v) is 7.08. The largest absolute Gasteiger partial charge is 0.456 e. The van der Waals surface area contributed by atoms with Crippen molar-refractivity contribution in [3.8, 4) is 0 Å². The molecular formula is C18H30O15. The fourth-order valence-electron chi connectivity index (χ4n) is 2.77. The monoisotopic (exact) mass is 486 g/mol. The number of hydrogen-bond donors (Lipinski definition) is 11. The third-order valence-electron chi connectivity index (χ3n) is 4.75. The number of rotatable bonds is 5. The van der Waals surface area contributed by atoms with Crippen LogP contribution < -0.4 is 0 Å². The molecule has 15 nitrogen and oxygen atoms in total. The lowest BCUT2D eigenvalue weighted by Gasteiger charge is -2.37. The zero-order valence-electron chi connectivity index (χ0n) is 17.2. The molecule has 2 aliphatic rings. The molecule has 3 rings (SSSR count). The van der Waals surface area contributed by atoms with Crippen LogP contribution in [0.1, 0.15) is 16.3 Å². The minimum atomic E-state index is -2.16. The van der Waals surface area contributed by atoms with E-state index in [-0.39, 0.29) is 12.4 Å². The second kappa shape index (κ2) is 13.4. The van der Waals surface area contributed by atoms with Crippen LogP contribution >= 0.6 is 0 Å². The molecular weight excluding hydrogens is 456 g/mol. The van der Waals surface area contributed by atoms with Gasteiger partial charge >= 0.3 is 0 Å². The van der Waals surface area contributed by atoms with Gasteiger partial charge in [0.1, 0.15) is 55.1 Å². The van der Waals surface area contributed by atoms with E-state index in [0.29, 0.717) is 12.0 Å². The molecule has 15 heteroatoms. The van der Waals surface area contributed by atoms with Crippen molar-refractivity contribution < 1.29 is 74.9 Å². The molecule has 192 valence electrons. The van der Waals surface area contributed by atoms with Gasteiger partial charge in [-0.3, -0.25) is 4.79 Å². The predicted octanol–water partition coefficient (Wildman–Crippen LogP) is -5.86. The van der Waals surface area contributed by atoms with E-state index in [9.17, 15) is 9.90 Å². The van der Waals surface area contributed by atoms with Crippen molar-refractivity contribution in [2.24, 2.45) is 0 Å². The molecule has 1 aromatic rings. The van der Waals surface area contributed by atoms with Crippen LogP contribution in [0.15, 0.2) is 16.5 Å². The first kappa shape index (κ1) is 29.5. The number of aldehydes is 1.